The fraction of sp³-hybridized carbons (Fsp3) is 0.739. The first-order valence-electron chi connectivity index (χ1n) is 10.8. The van der Waals surface area contributed by atoms with Gasteiger partial charge in [-0.15, -0.1) is 0 Å². The largest absolute Gasteiger partial charge is 0.463 e. The van der Waals surface area contributed by atoms with E-state index in [2.05, 4.69) is 25.1 Å². The first kappa shape index (κ1) is 20.5. The number of esters is 1. The van der Waals surface area contributed by atoms with Gasteiger partial charge in [-0.25, -0.2) is 0 Å². The molecule has 4 aliphatic carbocycles. The summed E-state index contributed by atoms with van der Waals surface area (Å²) in [6.07, 6.45) is 9.01. The predicted octanol–water partition coefficient (Wildman–Crippen LogP) is 3.87. The number of aliphatic hydroxyl groups is 1. The molecular formula is C23H31NO5. The van der Waals surface area contributed by atoms with E-state index in [1.165, 1.54) is 6.92 Å². The van der Waals surface area contributed by atoms with Gasteiger partial charge in [0, 0.05) is 18.8 Å². The molecule has 1 unspecified atom stereocenters. The van der Waals surface area contributed by atoms with Gasteiger partial charge in [-0.1, -0.05) is 30.7 Å². The summed E-state index contributed by atoms with van der Waals surface area (Å²) in [6, 6.07) is -0.665. The van der Waals surface area contributed by atoms with Crippen LogP contribution in [0.2, 0.25) is 0 Å². The fourth-order valence-electron chi connectivity index (χ4n) is 7.00. The van der Waals surface area contributed by atoms with Crippen LogP contribution in [0.1, 0.15) is 65.7 Å². The van der Waals surface area contributed by atoms with E-state index in [4.69, 9.17) is 4.74 Å². The molecule has 0 aromatic heterocycles. The minimum absolute atomic E-state index is 0.0192. The molecule has 6 heteroatoms. The summed E-state index contributed by atoms with van der Waals surface area (Å²) >= 11 is 0. The molecule has 0 aromatic carbocycles. The molecule has 1 N–H and O–H groups in total. The van der Waals surface area contributed by atoms with Crippen LogP contribution in [0, 0.1) is 27.6 Å². The van der Waals surface area contributed by atoms with Crippen LogP contribution in [0.15, 0.2) is 28.5 Å². The van der Waals surface area contributed by atoms with Crippen LogP contribution in [0.25, 0.3) is 0 Å². The van der Waals surface area contributed by atoms with Crippen molar-refractivity contribution in [1.82, 2.24) is 0 Å². The van der Waals surface area contributed by atoms with Crippen molar-refractivity contribution in [1.29, 1.82) is 0 Å². The van der Waals surface area contributed by atoms with Gasteiger partial charge < -0.3 is 9.84 Å². The number of rotatable bonds is 4. The molecule has 6 nitrogen and oxygen atoms in total. The van der Waals surface area contributed by atoms with E-state index in [0.29, 0.717) is 19.3 Å². The Morgan fingerprint density at radius 1 is 1.28 bits per heavy atom. The van der Waals surface area contributed by atoms with Crippen molar-refractivity contribution < 1.29 is 19.4 Å². The van der Waals surface area contributed by atoms with E-state index < -0.39 is 17.6 Å². The van der Waals surface area contributed by atoms with E-state index in [1.807, 2.05) is 0 Å². The highest BCUT2D eigenvalue weighted by molar-refractivity contribution is 5.91. The number of nitroso groups, excluding NO2 is 1. The van der Waals surface area contributed by atoms with Gasteiger partial charge in [0.2, 0.25) is 0 Å². The van der Waals surface area contributed by atoms with Gasteiger partial charge in [0.15, 0.2) is 5.78 Å². The van der Waals surface area contributed by atoms with Crippen molar-refractivity contribution in [2.75, 3.05) is 6.61 Å². The molecule has 29 heavy (non-hydrogen) atoms. The van der Waals surface area contributed by atoms with Crippen LogP contribution in [0.4, 0.5) is 0 Å². The summed E-state index contributed by atoms with van der Waals surface area (Å²) in [5, 5.41) is 15.3. The van der Waals surface area contributed by atoms with Gasteiger partial charge in [0.25, 0.3) is 0 Å². The Bertz CT molecular complexity index is 816. The monoisotopic (exact) mass is 401 g/mol. The minimum Gasteiger partial charge on any atom is -0.463 e. The lowest BCUT2D eigenvalue weighted by atomic mass is 9.44. The molecule has 0 radical (unpaired) electrons. The van der Waals surface area contributed by atoms with E-state index in [0.717, 1.165) is 36.8 Å². The second kappa shape index (κ2) is 6.86. The summed E-state index contributed by atoms with van der Waals surface area (Å²) in [5.74, 6) is 0.110. The van der Waals surface area contributed by atoms with Crippen molar-refractivity contribution in [3.05, 3.63) is 28.2 Å². The van der Waals surface area contributed by atoms with Crippen LogP contribution in [-0.4, -0.2) is 35.1 Å². The van der Waals surface area contributed by atoms with Gasteiger partial charge in [0.1, 0.15) is 12.6 Å². The van der Waals surface area contributed by atoms with Crippen molar-refractivity contribution in [2.24, 2.45) is 27.8 Å². The highest BCUT2D eigenvalue weighted by atomic mass is 16.5. The van der Waals surface area contributed by atoms with E-state index in [-0.39, 0.29) is 35.1 Å². The number of nitrogens with zero attached hydrogens (tertiary/aromatic N) is 1. The molecule has 0 aliphatic heterocycles. The van der Waals surface area contributed by atoms with Crippen LogP contribution in [-0.2, 0) is 14.3 Å². The molecule has 158 valence electrons. The zero-order chi connectivity index (χ0) is 21.0. The maximum absolute atomic E-state index is 12.0. The standard InChI is InChI=1S/C23H31NO5/c1-14(25)29-13-20(24-28)19-7-6-17-18-5-4-15-12-16(26)8-9-22(15,3)23(18,27)11-10-21(17,19)2/h7,12,17-18,20,27H,4-6,8-11,13H2,1-3H3/t17-,18-,20?,21-,22-,23+/m0/s1. The zero-order valence-corrected chi connectivity index (χ0v) is 17.6. The third-order valence-corrected chi connectivity index (χ3v) is 8.72. The Morgan fingerprint density at radius 2 is 2.03 bits per heavy atom. The number of allylic oxidation sites excluding steroid dienone is 2. The molecule has 4 aliphatic rings. The van der Waals surface area contributed by atoms with Crippen LogP contribution < -0.4 is 0 Å². The van der Waals surface area contributed by atoms with Crippen LogP contribution in [0.5, 0.6) is 0 Å². The van der Waals surface area contributed by atoms with Crippen molar-refractivity contribution in [2.45, 2.75) is 77.4 Å². The molecule has 6 atom stereocenters. The summed E-state index contributed by atoms with van der Waals surface area (Å²) in [6.45, 7) is 5.63. The predicted molar refractivity (Wildman–Crippen MR) is 108 cm³/mol. The first-order valence-corrected chi connectivity index (χ1v) is 10.8. The number of carbonyl (C=O) groups is 2. The molecule has 0 heterocycles. The lowest BCUT2D eigenvalue weighted by Crippen LogP contribution is -2.63. The fourth-order valence-corrected chi connectivity index (χ4v) is 7.00. The molecule has 4 rings (SSSR count). The Kier molecular flexibility index (Phi) is 4.84. The molecule has 0 bridgehead atoms. The van der Waals surface area contributed by atoms with Crippen LogP contribution >= 0.6 is 0 Å². The van der Waals surface area contributed by atoms with Crippen molar-refractivity contribution in [3.8, 4) is 0 Å². The Hall–Kier alpha value is -1.82. The third kappa shape index (κ3) is 2.86. The first-order chi connectivity index (χ1) is 13.7. The number of hydrogen-bond donors (Lipinski definition) is 1. The van der Waals surface area contributed by atoms with Gasteiger partial charge in [-0.2, -0.15) is 4.91 Å². The Morgan fingerprint density at radius 3 is 2.72 bits per heavy atom. The lowest BCUT2D eigenvalue weighted by molar-refractivity contribution is -0.185. The second-order valence-electron chi connectivity index (χ2n) is 9.88. The van der Waals surface area contributed by atoms with Gasteiger partial charge in [-0.05, 0) is 67.4 Å². The van der Waals surface area contributed by atoms with Gasteiger partial charge in [0.05, 0.1) is 5.60 Å². The highest BCUT2D eigenvalue weighted by Gasteiger charge is 2.65. The van der Waals surface area contributed by atoms with E-state index in [1.54, 1.807) is 6.08 Å². The summed E-state index contributed by atoms with van der Waals surface area (Å²) in [4.78, 5) is 34.8. The second-order valence-corrected chi connectivity index (χ2v) is 9.88. The smallest absolute Gasteiger partial charge is 0.302 e. The average molecular weight is 402 g/mol. The maximum atomic E-state index is 12.0. The molecule has 2 saturated carbocycles. The molecule has 0 aromatic rings. The molecule has 2 fully saturated rings. The number of fused-ring (bicyclic) bond motifs is 5. The van der Waals surface area contributed by atoms with Gasteiger partial charge in [-0.3, -0.25) is 9.59 Å². The number of ether oxygens (including phenoxy) is 1. The lowest BCUT2D eigenvalue weighted by Gasteiger charge is -2.62. The number of ketones is 1. The van der Waals surface area contributed by atoms with E-state index in [9.17, 15) is 19.6 Å². The Labute approximate surface area is 171 Å². The minimum atomic E-state index is -0.828. The molecule has 0 spiro atoms. The quantitative estimate of drug-likeness (QED) is 0.438. The molecule has 0 amide bonds. The van der Waals surface area contributed by atoms with Crippen molar-refractivity contribution in [3.63, 3.8) is 0 Å². The van der Waals surface area contributed by atoms with E-state index >= 15 is 0 Å². The maximum Gasteiger partial charge on any atom is 0.302 e. The summed E-state index contributed by atoms with van der Waals surface area (Å²) in [5.41, 5.74) is 0.673. The summed E-state index contributed by atoms with van der Waals surface area (Å²) in [7, 11) is 0. The number of carbonyl (C=O) groups excluding carboxylic acids is 2. The highest BCUT2D eigenvalue weighted by Crippen LogP contribution is 2.67. The normalized spacial score (nSPS) is 42.0. The molecule has 0 saturated heterocycles. The average Bonchev–Trinajstić information content (AvgIpc) is 3.01. The third-order valence-electron chi connectivity index (χ3n) is 8.72. The SMILES string of the molecule is CC(=O)OCC(N=O)C1=CC[C@H]2[C@@H]3CCC4=CC(=O)CC[C@]4(C)[C@@]3(O)CC[C@]12C. The summed E-state index contributed by atoms with van der Waals surface area (Å²) < 4.78 is 5.09. The Balaban J connectivity index is 1.63. The van der Waals surface area contributed by atoms with Gasteiger partial charge >= 0.3 is 5.97 Å². The number of hydrogen-bond acceptors (Lipinski definition) is 6. The topological polar surface area (TPSA) is 93.0 Å². The molecular weight excluding hydrogens is 370 g/mol. The van der Waals surface area contributed by atoms with Crippen molar-refractivity contribution >= 4 is 11.8 Å². The van der Waals surface area contributed by atoms with Crippen LogP contribution in [0.3, 0.4) is 0 Å². The zero-order valence-electron chi connectivity index (χ0n) is 17.6.